The van der Waals surface area contributed by atoms with Gasteiger partial charge in [-0.1, -0.05) is 108 Å². The Hall–Kier alpha value is -0.140. The maximum Gasteiger partial charge on any atom is 0 e. The number of unbranched alkanes of at least 4 members (excludes halogenated alkanes) is 2. The van der Waals surface area contributed by atoms with E-state index in [0.717, 1.165) is 35.5 Å². The summed E-state index contributed by atoms with van der Waals surface area (Å²) in [6.07, 6.45) is 12.8. The molecule has 0 aromatic rings. The summed E-state index contributed by atoms with van der Waals surface area (Å²) < 4.78 is 16.0. The molecule has 0 radical (unpaired) electrons. The van der Waals surface area contributed by atoms with Crippen LogP contribution in [0.25, 0.3) is 0 Å². The largest absolute Gasteiger partial charge is 0.0683 e. The predicted molar refractivity (Wildman–Crippen MR) is 121 cm³/mol. The fourth-order valence-electron chi connectivity index (χ4n) is 4.36. The first-order valence-electron chi connectivity index (χ1n) is 12.0. The van der Waals surface area contributed by atoms with E-state index in [9.17, 15) is 0 Å². The summed E-state index contributed by atoms with van der Waals surface area (Å²) in [6, 6.07) is 0. The van der Waals surface area contributed by atoms with Crippen LogP contribution in [-0.2, 0) is 0 Å². The summed E-state index contributed by atoms with van der Waals surface area (Å²) in [5, 5.41) is 0. The highest BCUT2D eigenvalue weighted by Crippen LogP contribution is 2.32. The van der Waals surface area contributed by atoms with Crippen LogP contribution in [0, 0.1) is 35.5 Å². The molecule has 0 heterocycles. The van der Waals surface area contributed by atoms with Crippen LogP contribution >= 0.6 is 0 Å². The molecule has 3 atom stereocenters. The van der Waals surface area contributed by atoms with Crippen molar-refractivity contribution in [3.8, 4) is 0 Å². The molecule has 1 aliphatic rings. The first kappa shape index (κ1) is 31.6. The van der Waals surface area contributed by atoms with Gasteiger partial charge in [-0.3, -0.25) is 0 Å². The standard InChI is InChI=1S/C17H36.C6H12.C2H6.F2/c1-7-10-11-12-15(6)17(9-3)13-16(8-2)14(4)5;1-5-3-6(2)4-5;2*1-2/h14-17H,7-13H2,1-6H3;5-6H,3-4H2,1-2H3;1-2H3;. The first-order valence-corrected chi connectivity index (χ1v) is 12.0. The van der Waals surface area contributed by atoms with Crippen LogP contribution in [0.5, 0.6) is 0 Å². The molecule has 27 heavy (non-hydrogen) atoms. The summed E-state index contributed by atoms with van der Waals surface area (Å²) in [4.78, 5) is 0. The average molecular weight is 393 g/mol. The summed E-state index contributed by atoms with van der Waals surface area (Å²) in [5.74, 6) is 5.77. The van der Waals surface area contributed by atoms with Gasteiger partial charge in [0.2, 0.25) is 0 Å². The van der Waals surface area contributed by atoms with E-state index < -0.39 is 0 Å². The van der Waals surface area contributed by atoms with Crippen molar-refractivity contribution in [2.45, 2.75) is 127 Å². The van der Waals surface area contributed by atoms with Gasteiger partial charge >= 0.3 is 0 Å². The zero-order chi connectivity index (χ0) is 21.8. The second kappa shape index (κ2) is 22.2. The Balaban J connectivity index is -0.000000472. The highest BCUT2D eigenvalue weighted by atomic mass is 20.0. The van der Waals surface area contributed by atoms with Gasteiger partial charge in [0, 0.05) is 9.15 Å². The van der Waals surface area contributed by atoms with Crippen molar-refractivity contribution in [2.24, 2.45) is 35.5 Å². The molecule has 0 bridgehead atoms. The summed E-state index contributed by atoms with van der Waals surface area (Å²) in [5.41, 5.74) is 0. The number of hydrogen-bond acceptors (Lipinski definition) is 0. The number of halogens is 2. The maximum atomic E-state index is 8.00. The lowest BCUT2D eigenvalue weighted by atomic mass is 9.77. The number of rotatable bonds is 10. The minimum atomic E-state index is 0.858. The smallest absolute Gasteiger partial charge is 0 e. The fraction of sp³-hybridized carbons (Fsp3) is 1.00. The van der Waals surface area contributed by atoms with Crippen molar-refractivity contribution in [3.63, 3.8) is 0 Å². The molecule has 0 amide bonds. The molecule has 2 heteroatoms. The van der Waals surface area contributed by atoms with E-state index in [0.29, 0.717) is 0 Å². The minimum Gasteiger partial charge on any atom is -0.0683 e. The summed E-state index contributed by atoms with van der Waals surface area (Å²) in [6.45, 7) is 22.9. The molecule has 0 saturated heterocycles. The molecule has 0 aromatic heterocycles. The molecule has 0 nitrogen and oxygen atoms in total. The third-order valence-electron chi connectivity index (χ3n) is 6.27. The fourth-order valence-corrected chi connectivity index (χ4v) is 4.36. The first-order chi connectivity index (χ1) is 12.8. The lowest BCUT2D eigenvalue weighted by molar-refractivity contribution is 0.108. The molecule has 1 fully saturated rings. The second-order valence-electron chi connectivity index (χ2n) is 8.97. The van der Waals surface area contributed by atoms with Crippen LogP contribution in [0.4, 0.5) is 9.15 Å². The minimum absolute atomic E-state index is 0.858. The van der Waals surface area contributed by atoms with Crippen LogP contribution in [-0.4, -0.2) is 0 Å². The molecular formula is C25H54F2. The van der Waals surface area contributed by atoms with E-state index in [1.54, 1.807) is 0 Å². The third-order valence-corrected chi connectivity index (χ3v) is 6.27. The van der Waals surface area contributed by atoms with E-state index in [4.69, 9.17) is 9.15 Å². The Kier molecular flexibility index (Phi) is 25.9. The molecule has 1 saturated carbocycles. The lowest BCUT2D eigenvalue weighted by Gasteiger charge is -2.29. The van der Waals surface area contributed by atoms with Crippen LogP contribution in [0.2, 0.25) is 0 Å². The lowest BCUT2D eigenvalue weighted by Crippen LogP contribution is -2.18. The quantitative estimate of drug-likeness (QED) is 0.324. The Morgan fingerprint density at radius 2 is 1.22 bits per heavy atom. The Morgan fingerprint density at radius 3 is 1.48 bits per heavy atom. The van der Waals surface area contributed by atoms with Gasteiger partial charge in [0.05, 0.1) is 0 Å². The Bertz CT molecular complexity index is 253. The monoisotopic (exact) mass is 392 g/mol. The zero-order valence-corrected chi connectivity index (χ0v) is 20.6. The van der Waals surface area contributed by atoms with E-state index in [1.165, 1.54) is 57.8 Å². The van der Waals surface area contributed by atoms with Crippen molar-refractivity contribution in [1.29, 1.82) is 0 Å². The van der Waals surface area contributed by atoms with Gasteiger partial charge in [-0.15, -0.1) is 0 Å². The van der Waals surface area contributed by atoms with Crippen LogP contribution < -0.4 is 0 Å². The highest BCUT2D eigenvalue weighted by molar-refractivity contribution is 4.72. The normalized spacial score (nSPS) is 21.2. The van der Waals surface area contributed by atoms with Gasteiger partial charge in [0.25, 0.3) is 0 Å². The van der Waals surface area contributed by atoms with Crippen molar-refractivity contribution in [3.05, 3.63) is 0 Å². The van der Waals surface area contributed by atoms with Crippen molar-refractivity contribution >= 4 is 0 Å². The van der Waals surface area contributed by atoms with Crippen molar-refractivity contribution in [1.82, 2.24) is 0 Å². The van der Waals surface area contributed by atoms with Crippen LogP contribution in [0.15, 0.2) is 0 Å². The Morgan fingerprint density at radius 1 is 0.778 bits per heavy atom. The topological polar surface area (TPSA) is 0 Å². The molecule has 0 N–H and O–H groups in total. The zero-order valence-electron chi connectivity index (χ0n) is 20.6. The van der Waals surface area contributed by atoms with Crippen LogP contribution in [0.3, 0.4) is 0 Å². The van der Waals surface area contributed by atoms with E-state index >= 15 is 0 Å². The van der Waals surface area contributed by atoms with Gasteiger partial charge in [-0.2, -0.15) is 0 Å². The molecule has 0 aliphatic heterocycles. The molecule has 3 unspecified atom stereocenters. The van der Waals surface area contributed by atoms with E-state index in [1.807, 2.05) is 13.8 Å². The SMILES string of the molecule is CC.CC1CC(C)C1.CCCCCC(C)C(CC)CC(CC)C(C)C.FF. The average Bonchev–Trinajstić information content (AvgIpc) is 2.65. The van der Waals surface area contributed by atoms with Crippen LogP contribution in [0.1, 0.15) is 127 Å². The van der Waals surface area contributed by atoms with E-state index in [2.05, 4.69) is 55.4 Å². The number of hydrogen-bond donors (Lipinski definition) is 0. The van der Waals surface area contributed by atoms with Gasteiger partial charge in [0.1, 0.15) is 0 Å². The molecule has 168 valence electrons. The molecule has 1 rings (SSSR count). The van der Waals surface area contributed by atoms with Crippen molar-refractivity contribution < 1.29 is 9.15 Å². The maximum absolute atomic E-state index is 8.00. The molecular weight excluding hydrogens is 338 g/mol. The highest BCUT2D eigenvalue weighted by Gasteiger charge is 2.21. The van der Waals surface area contributed by atoms with Gasteiger partial charge < -0.3 is 0 Å². The van der Waals surface area contributed by atoms with Gasteiger partial charge in [-0.25, -0.2) is 0 Å². The molecule has 0 aromatic carbocycles. The van der Waals surface area contributed by atoms with Gasteiger partial charge in [-0.05, 0) is 54.8 Å². The summed E-state index contributed by atoms with van der Waals surface area (Å²) in [7, 11) is 0. The molecule has 1 aliphatic carbocycles. The second-order valence-corrected chi connectivity index (χ2v) is 8.97. The molecule has 0 spiro atoms. The van der Waals surface area contributed by atoms with Gasteiger partial charge in [0.15, 0.2) is 0 Å². The summed E-state index contributed by atoms with van der Waals surface area (Å²) >= 11 is 0. The Labute approximate surface area is 172 Å². The third kappa shape index (κ3) is 17.7. The predicted octanol–water partition coefficient (Wildman–Crippen LogP) is 10.2. The van der Waals surface area contributed by atoms with E-state index in [-0.39, 0.29) is 0 Å². The van der Waals surface area contributed by atoms with Crippen molar-refractivity contribution in [2.75, 3.05) is 0 Å².